The fourth-order valence-electron chi connectivity index (χ4n) is 3.03. The summed E-state index contributed by atoms with van der Waals surface area (Å²) in [5.74, 6) is 0.699. The zero-order valence-electron chi connectivity index (χ0n) is 9.82. The first-order valence-electron chi connectivity index (χ1n) is 6.17. The van der Waals surface area contributed by atoms with E-state index < -0.39 is 5.60 Å². The molecule has 1 aliphatic carbocycles. The number of likely N-dealkylation sites (tertiary alicyclic amines) is 1. The fraction of sp³-hybridized carbons (Fsp3) is 0.571. The minimum absolute atomic E-state index is 0.455. The van der Waals surface area contributed by atoms with E-state index in [1.54, 1.807) is 0 Å². The van der Waals surface area contributed by atoms with Gasteiger partial charge < -0.3 is 5.11 Å². The lowest BCUT2D eigenvalue weighted by atomic mass is 9.77. The Kier molecular flexibility index (Phi) is 2.30. The Morgan fingerprint density at radius 1 is 1.44 bits per heavy atom. The van der Waals surface area contributed by atoms with Crippen molar-refractivity contribution in [2.24, 2.45) is 0 Å². The number of aliphatic hydroxyl groups is 1. The molecule has 1 heterocycles. The number of nitrogens with zero attached hydrogens (tertiary/aromatic N) is 1. The lowest BCUT2D eigenvalue weighted by Gasteiger charge is -2.33. The van der Waals surface area contributed by atoms with Gasteiger partial charge in [-0.1, -0.05) is 24.3 Å². The van der Waals surface area contributed by atoms with Crippen LogP contribution in [0.1, 0.15) is 30.4 Å². The summed E-state index contributed by atoms with van der Waals surface area (Å²) in [5, 5.41) is 9.92. The molecular weight excluding hydrogens is 198 g/mol. The first kappa shape index (κ1) is 10.3. The molecule has 1 N–H and O–H groups in total. The van der Waals surface area contributed by atoms with Crippen molar-refractivity contribution in [1.82, 2.24) is 4.90 Å². The maximum atomic E-state index is 9.92. The monoisotopic (exact) mass is 217 g/mol. The van der Waals surface area contributed by atoms with Crippen LogP contribution in [0.2, 0.25) is 0 Å². The van der Waals surface area contributed by atoms with Crippen LogP contribution in [0.4, 0.5) is 0 Å². The number of rotatable bonds is 2. The summed E-state index contributed by atoms with van der Waals surface area (Å²) in [4.78, 5) is 2.40. The van der Waals surface area contributed by atoms with Crippen molar-refractivity contribution in [1.29, 1.82) is 0 Å². The van der Waals surface area contributed by atoms with E-state index in [1.807, 2.05) is 6.92 Å². The van der Waals surface area contributed by atoms with E-state index in [4.69, 9.17) is 0 Å². The van der Waals surface area contributed by atoms with Gasteiger partial charge in [-0.3, -0.25) is 4.90 Å². The fourth-order valence-corrected chi connectivity index (χ4v) is 3.03. The molecule has 0 aromatic heterocycles. The summed E-state index contributed by atoms with van der Waals surface area (Å²) in [6, 6.07) is 8.73. The number of hydrogen-bond donors (Lipinski definition) is 1. The van der Waals surface area contributed by atoms with Gasteiger partial charge in [0.25, 0.3) is 0 Å². The van der Waals surface area contributed by atoms with Gasteiger partial charge in [-0.15, -0.1) is 0 Å². The summed E-state index contributed by atoms with van der Waals surface area (Å²) >= 11 is 0. The predicted molar refractivity (Wildman–Crippen MR) is 64.6 cm³/mol. The zero-order valence-corrected chi connectivity index (χ0v) is 9.82. The third-order valence-corrected chi connectivity index (χ3v) is 3.97. The van der Waals surface area contributed by atoms with E-state index in [0.717, 1.165) is 26.1 Å². The normalized spacial score (nSPS) is 33.5. The Hall–Kier alpha value is -0.860. The quantitative estimate of drug-likeness (QED) is 0.816. The van der Waals surface area contributed by atoms with Crippen LogP contribution in [0.15, 0.2) is 24.3 Å². The zero-order chi connectivity index (χ0) is 11.2. The lowest BCUT2D eigenvalue weighted by molar-refractivity contribution is 0.0677. The van der Waals surface area contributed by atoms with Crippen molar-refractivity contribution in [3.05, 3.63) is 35.4 Å². The maximum Gasteiger partial charge on any atom is 0.0758 e. The van der Waals surface area contributed by atoms with Gasteiger partial charge in [0.05, 0.1) is 5.60 Å². The molecule has 2 heteroatoms. The molecule has 16 heavy (non-hydrogen) atoms. The van der Waals surface area contributed by atoms with Crippen molar-refractivity contribution in [3.8, 4) is 0 Å². The van der Waals surface area contributed by atoms with Crippen molar-refractivity contribution in [2.75, 3.05) is 19.6 Å². The van der Waals surface area contributed by atoms with E-state index in [1.165, 1.54) is 17.5 Å². The number of fused-ring (bicyclic) bond motifs is 1. The minimum atomic E-state index is -0.455. The Bertz CT molecular complexity index is 399. The number of hydrogen-bond acceptors (Lipinski definition) is 2. The second-order valence-electron chi connectivity index (χ2n) is 5.58. The smallest absolute Gasteiger partial charge is 0.0758 e. The van der Waals surface area contributed by atoms with E-state index in [0.29, 0.717) is 5.92 Å². The lowest BCUT2D eigenvalue weighted by Crippen LogP contribution is -2.35. The van der Waals surface area contributed by atoms with Gasteiger partial charge in [-0.05, 0) is 30.9 Å². The molecule has 2 aliphatic rings. The number of β-amino-alcohol motifs (C(OH)–C–C–N with tert-alkyl or cyclic N) is 1. The Morgan fingerprint density at radius 2 is 2.25 bits per heavy atom. The van der Waals surface area contributed by atoms with Gasteiger partial charge in [0.15, 0.2) is 0 Å². The van der Waals surface area contributed by atoms with Gasteiger partial charge >= 0.3 is 0 Å². The molecule has 0 spiro atoms. The minimum Gasteiger partial charge on any atom is -0.389 e. The first-order chi connectivity index (χ1) is 7.64. The van der Waals surface area contributed by atoms with Crippen LogP contribution in [-0.4, -0.2) is 35.2 Å². The van der Waals surface area contributed by atoms with E-state index in [2.05, 4.69) is 29.2 Å². The molecule has 1 aromatic rings. The molecule has 1 aliphatic heterocycles. The molecule has 0 amide bonds. The van der Waals surface area contributed by atoms with Gasteiger partial charge in [0.2, 0.25) is 0 Å². The van der Waals surface area contributed by atoms with E-state index in [9.17, 15) is 5.11 Å². The standard InChI is InChI=1S/C14H19NO/c1-14(16)6-7-15(10-14)9-12-8-11-4-2-3-5-13(11)12/h2-5,12,16H,6-10H2,1H3. The molecule has 2 nitrogen and oxygen atoms in total. The highest BCUT2D eigenvalue weighted by Crippen LogP contribution is 2.36. The Labute approximate surface area is 96.9 Å². The molecule has 86 valence electrons. The van der Waals surface area contributed by atoms with Crippen LogP contribution < -0.4 is 0 Å². The van der Waals surface area contributed by atoms with Crippen molar-refractivity contribution in [2.45, 2.75) is 31.3 Å². The molecule has 2 unspecified atom stereocenters. The highest BCUT2D eigenvalue weighted by molar-refractivity contribution is 5.40. The maximum absolute atomic E-state index is 9.92. The third kappa shape index (κ3) is 1.76. The van der Waals surface area contributed by atoms with Gasteiger partial charge in [-0.25, -0.2) is 0 Å². The van der Waals surface area contributed by atoms with E-state index in [-0.39, 0.29) is 0 Å². The Balaban J connectivity index is 1.63. The summed E-state index contributed by atoms with van der Waals surface area (Å²) in [6.45, 7) is 4.95. The molecule has 3 rings (SSSR count). The molecular formula is C14H19NO. The SMILES string of the molecule is CC1(O)CCN(CC2Cc3ccccc32)C1. The van der Waals surface area contributed by atoms with Crippen LogP contribution in [0.25, 0.3) is 0 Å². The van der Waals surface area contributed by atoms with Crippen LogP contribution in [0.5, 0.6) is 0 Å². The van der Waals surface area contributed by atoms with Crippen molar-refractivity contribution >= 4 is 0 Å². The summed E-state index contributed by atoms with van der Waals surface area (Å²) in [5.41, 5.74) is 2.58. The molecule has 0 radical (unpaired) electrons. The van der Waals surface area contributed by atoms with Gasteiger partial charge in [0.1, 0.15) is 0 Å². The average molecular weight is 217 g/mol. The molecule has 1 fully saturated rings. The number of benzene rings is 1. The van der Waals surface area contributed by atoms with Crippen LogP contribution in [-0.2, 0) is 6.42 Å². The van der Waals surface area contributed by atoms with Crippen LogP contribution in [0, 0.1) is 0 Å². The predicted octanol–water partition coefficient (Wildman–Crippen LogP) is 1.78. The van der Waals surface area contributed by atoms with Crippen LogP contribution >= 0.6 is 0 Å². The van der Waals surface area contributed by atoms with Crippen molar-refractivity contribution < 1.29 is 5.11 Å². The highest BCUT2D eigenvalue weighted by Gasteiger charge is 2.34. The second-order valence-corrected chi connectivity index (χ2v) is 5.58. The molecule has 0 bridgehead atoms. The largest absolute Gasteiger partial charge is 0.389 e. The topological polar surface area (TPSA) is 23.5 Å². The van der Waals surface area contributed by atoms with Gasteiger partial charge in [0, 0.05) is 25.6 Å². The molecule has 1 aromatic carbocycles. The first-order valence-corrected chi connectivity index (χ1v) is 6.17. The summed E-state index contributed by atoms with van der Waals surface area (Å²) < 4.78 is 0. The van der Waals surface area contributed by atoms with Gasteiger partial charge in [-0.2, -0.15) is 0 Å². The van der Waals surface area contributed by atoms with E-state index >= 15 is 0 Å². The third-order valence-electron chi connectivity index (χ3n) is 3.97. The molecule has 0 saturated carbocycles. The Morgan fingerprint density at radius 3 is 2.94 bits per heavy atom. The van der Waals surface area contributed by atoms with Crippen molar-refractivity contribution in [3.63, 3.8) is 0 Å². The average Bonchev–Trinajstić information content (AvgIpc) is 2.55. The van der Waals surface area contributed by atoms with Crippen LogP contribution in [0.3, 0.4) is 0 Å². The summed E-state index contributed by atoms with van der Waals surface area (Å²) in [6.07, 6.45) is 2.14. The second kappa shape index (κ2) is 3.57. The molecule has 1 saturated heterocycles. The highest BCUT2D eigenvalue weighted by atomic mass is 16.3. The molecule has 2 atom stereocenters. The summed E-state index contributed by atoms with van der Waals surface area (Å²) in [7, 11) is 0.